The quantitative estimate of drug-likeness (QED) is 0.834. The van der Waals surface area contributed by atoms with Crippen molar-refractivity contribution in [3.8, 4) is 0 Å². The number of carbonyl (C=O) groups excluding carboxylic acids is 1. The van der Waals surface area contributed by atoms with Crippen molar-refractivity contribution < 1.29 is 4.79 Å². The summed E-state index contributed by atoms with van der Waals surface area (Å²) in [6.07, 6.45) is 9.30. The Kier molecular flexibility index (Phi) is 6.88. The SMILES string of the molecule is CCC(C)(C)NC(=O)[C@H]1CCCN(C2CCN(Cc3ccncc3)CC2)C1. The van der Waals surface area contributed by atoms with Crippen LogP contribution in [-0.4, -0.2) is 58.5 Å². The molecule has 2 aliphatic rings. The van der Waals surface area contributed by atoms with E-state index < -0.39 is 0 Å². The maximum Gasteiger partial charge on any atom is 0.224 e. The average molecular weight is 373 g/mol. The predicted octanol–water partition coefficient (Wildman–Crippen LogP) is 3.06. The summed E-state index contributed by atoms with van der Waals surface area (Å²) >= 11 is 0. The number of nitrogens with zero attached hydrogens (tertiary/aromatic N) is 3. The summed E-state index contributed by atoms with van der Waals surface area (Å²) in [7, 11) is 0. The lowest BCUT2D eigenvalue weighted by Gasteiger charge is -2.42. The monoisotopic (exact) mass is 372 g/mol. The molecule has 0 spiro atoms. The lowest BCUT2D eigenvalue weighted by molar-refractivity contribution is -0.128. The zero-order valence-electron chi connectivity index (χ0n) is 17.3. The first kappa shape index (κ1) is 20.3. The van der Waals surface area contributed by atoms with Gasteiger partial charge in [0.25, 0.3) is 0 Å². The van der Waals surface area contributed by atoms with Gasteiger partial charge < -0.3 is 5.32 Å². The Morgan fingerprint density at radius 2 is 1.89 bits per heavy atom. The second-order valence-corrected chi connectivity index (χ2v) is 8.92. The molecule has 150 valence electrons. The van der Waals surface area contributed by atoms with E-state index in [-0.39, 0.29) is 17.4 Å². The zero-order chi connectivity index (χ0) is 19.3. The Bertz CT molecular complexity index is 596. The summed E-state index contributed by atoms with van der Waals surface area (Å²) in [6, 6.07) is 4.85. The van der Waals surface area contributed by atoms with Gasteiger partial charge in [0.2, 0.25) is 5.91 Å². The molecule has 1 N–H and O–H groups in total. The summed E-state index contributed by atoms with van der Waals surface area (Å²) in [5.41, 5.74) is 1.24. The number of hydrogen-bond acceptors (Lipinski definition) is 4. The van der Waals surface area contributed by atoms with Crippen LogP contribution in [0.25, 0.3) is 0 Å². The molecule has 0 bridgehead atoms. The number of likely N-dealkylation sites (tertiary alicyclic amines) is 2. The lowest BCUT2D eigenvalue weighted by atomic mass is 9.92. The van der Waals surface area contributed by atoms with Gasteiger partial charge in [0, 0.05) is 37.1 Å². The molecule has 5 nitrogen and oxygen atoms in total. The molecule has 0 radical (unpaired) electrons. The Balaban J connectivity index is 1.47. The van der Waals surface area contributed by atoms with E-state index in [0.717, 1.165) is 52.0 Å². The van der Waals surface area contributed by atoms with Gasteiger partial charge in [-0.3, -0.25) is 19.6 Å². The van der Waals surface area contributed by atoms with E-state index in [4.69, 9.17) is 0 Å². The molecule has 0 saturated carbocycles. The van der Waals surface area contributed by atoms with Crippen LogP contribution in [-0.2, 0) is 11.3 Å². The lowest BCUT2D eigenvalue weighted by Crippen LogP contribution is -2.53. The molecule has 0 aliphatic carbocycles. The van der Waals surface area contributed by atoms with Gasteiger partial charge in [-0.2, -0.15) is 0 Å². The molecule has 1 atom stereocenters. The van der Waals surface area contributed by atoms with Gasteiger partial charge in [0.15, 0.2) is 0 Å². The van der Waals surface area contributed by atoms with E-state index in [1.165, 1.54) is 18.4 Å². The number of amides is 1. The number of nitrogens with one attached hydrogen (secondary N) is 1. The van der Waals surface area contributed by atoms with Crippen molar-refractivity contribution in [2.45, 2.75) is 71.0 Å². The van der Waals surface area contributed by atoms with Crippen molar-refractivity contribution in [1.82, 2.24) is 20.1 Å². The van der Waals surface area contributed by atoms with Crippen LogP contribution in [0.15, 0.2) is 24.5 Å². The van der Waals surface area contributed by atoms with Crippen molar-refractivity contribution in [3.05, 3.63) is 30.1 Å². The molecule has 27 heavy (non-hydrogen) atoms. The number of hydrogen-bond donors (Lipinski definition) is 1. The average Bonchev–Trinajstić information content (AvgIpc) is 2.69. The summed E-state index contributed by atoms with van der Waals surface area (Å²) in [6.45, 7) is 11.7. The van der Waals surface area contributed by atoms with Crippen molar-refractivity contribution in [3.63, 3.8) is 0 Å². The summed E-state index contributed by atoms with van der Waals surface area (Å²) < 4.78 is 0. The third-order valence-electron chi connectivity index (χ3n) is 6.40. The molecular formula is C22H36N4O. The topological polar surface area (TPSA) is 48.5 Å². The number of carbonyl (C=O) groups is 1. The predicted molar refractivity (Wildman–Crippen MR) is 109 cm³/mol. The molecule has 1 aromatic heterocycles. The maximum atomic E-state index is 12.7. The van der Waals surface area contributed by atoms with E-state index in [1.54, 1.807) is 0 Å². The first-order chi connectivity index (χ1) is 13.0. The second-order valence-electron chi connectivity index (χ2n) is 8.92. The normalized spacial score (nSPS) is 23.3. The molecule has 3 heterocycles. The summed E-state index contributed by atoms with van der Waals surface area (Å²) in [5, 5.41) is 3.25. The molecule has 2 saturated heterocycles. The van der Waals surface area contributed by atoms with Crippen molar-refractivity contribution in [2.75, 3.05) is 26.2 Å². The van der Waals surface area contributed by atoms with Gasteiger partial charge in [-0.25, -0.2) is 0 Å². The molecule has 0 unspecified atom stereocenters. The van der Waals surface area contributed by atoms with Gasteiger partial charge in [-0.05, 0) is 83.3 Å². The van der Waals surface area contributed by atoms with Gasteiger partial charge in [0.1, 0.15) is 0 Å². The van der Waals surface area contributed by atoms with Crippen LogP contribution >= 0.6 is 0 Å². The van der Waals surface area contributed by atoms with Gasteiger partial charge in [0.05, 0.1) is 5.92 Å². The molecular weight excluding hydrogens is 336 g/mol. The third-order valence-corrected chi connectivity index (χ3v) is 6.40. The first-order valence-corrected chi connectivity index (χ1v) is 10.6. The van der Waals surface area contributed by atoms with E-state index in [1.807, 2.05) is 12.4 Å². The van der Waals surface area contributed by atoms with Crippen molar-refractivity contribution in [1.29, 1.82) is 0 Å². The number of pyridine rings is 1. The third kappa shape index (κ3) is 5.76. The second kappa shape index (κ2) is 9.16. The first-order valence-electron chi connectivity index (χ1n) is 10.6. The molecule has 1 amide bonds. The zero-order valence-corrected chi connectivity index (χ0v) is 17.3. The van der Waals surface area contributed by atoms with Crippen LogP contribution in [0.4, 0.5) is 0 Å². The Morgan fingerprint density at radius 1 is 1.19 bits per heavy atom. The van der Waals surface area contributed by atoms with Gasteiger partial charge in [-0.1, -0.05) is 6.92 Å². The Labute approximate surface area is 164 Å². The number of piperidine rings is 2. The van der Waals surface area contributed by atoms with Crippen LogP contribution in [0, 0.1) is 5.92 Å². The minimum Gasteiger partial charge on any atom is -0.351 e. The molecule has 3 rings (SSSR count). The van der Waals surface area contributed by atoms with Gasteiger partial charge in [-0.15, -0.1) is 0 Å². The molecule has 1 aromatic rings. The van der Waals surface area contributed by atoms with Crippen LogP contribution in [0.1, 0.15) is 58.4 Å². The minimum absolute atomic E-state index is 0.0995. The maximum absolute atomic E-state index is 12.7. The van der Waals surface area contributed by atoms with Crippen molar-refractivity contribution in [2.24, 2.45) is 5.92 Å². The highest BCUT2D eigenvalue weighted by Gasteiger charge is 2.33. The fourth-order valence-electron chi connectivity index (χ4n) is 4.27. The largest absolute Gasteiger partial charge is 0.351 e. The molecule has 2 fully saturated rings. The molecule has 2 aliphatic heterocycles. The Morgan fingerprint density at radius 3 is 2.56 bits per heavy atom. The smallest absolute Gasteiger partial charge is 0.224 e. The summed E-state index contributed by atoms with van der Waals surface area (Å²) in [4.78, 5) is 21.9. The highest BCUT2D eigenvalue weighted by atomic mass is 16.2. The standard InChI is InChI=1S/C22H36N4O/c1-4-22(2,3)24-21(27)19-6-5-13-26(17-19)20-9-14-25(15-10-20)16-18-7-11-23-12-8-18/h7-8,11-12,19-20H,4-6,9-10,13-17H2,1-3H3,(H,24,27)/t19-/m0/s1. The minimum atomic E-state index is -0.0995. The van der Waals surface area contributed by atoms with Crippen LogP contribution < -0.4 is 5.32 Å². The van der Waals surface area contributed by atoms with Gasteiger partial charge >= 0.3 is 0 Å². The highest BCUT2D eigenvalue weighted by Crippen LogP contribution is 2.25. The van der Waals surface area contributed by atoms with Crippen LogP contribution in [0.2, 0.25) is 0 Å². The molecule has 5 heteroatoms. The van der Waals surface area contributed by atoms with E-state index in [0.29, 0.717) is 6.04 Å². The van der Waals surface area contributed by atoms with E-state index >= 15 is 0 Å². The van der Waals surface area contributed by atoms with Crippen LogP contribution in [0.5, 0.6) is 0 Å². The fourth-order valence-corrected chi connectivity index (χ4v) is 4.27. The Hall–Kier alpha value is -1.46. The van der Waals surface area contributed by atoms with Crippen LogP contribution in [0.3, 0.4) is 0 Å². The number of rotatable bonds is 6. The number of aromatic nitrogens is 1. The van der Waals surface area contributed by atoms with E-state index in [2.05, 4.69) is 53.0 Å². The van der Waals surface area contributed by atoms with Crippen molar-refractivity contribution >= 4 is 5.91 Å². The van der Waals surface area contributed by atoms with E-state index in [9.17, 15) is 4.79 Å². The fraction of sp³-hybridized carbons (Fsp3) is 0.727. The summed E-state index contributed by atoms with van der Waals surface area (Å²) in [5.74, 6) is 0.404. The molecule has 0 aromatic carbocycles. The highest BCUT2D eigenvalue weighted by molar-refractivity contribution is 5.79.